The van der Waals surface area contributed by atoms with Crippen LogP contribution in [-0.4, -0.2) is 29.9 Å². The van der Waals surface area contributed by atoms with Crippen LogP contribution in [0, 0.1) is 6.92 Å². The van der Waals surface area contributed by atoms with Gasteiger partial charge in [0.05, 0.1) is 0 Å². The van der Waals surface area contributed by atoms with Crippen molar-refractivity contribution in [3.05, 3.63) is 24.0 Å². The van der Waals surface area contributed by atoms with Crippen LogP contribution in [-0.2, 0) is 0 Å². The summed E-state index contributed by atoms with van der Waals surface area (Å²) in [5, 5.41) is 21.4. The summed E-state index contributed by atoms with van der Waals surface area (Å²) in [5.41, 5.74) is 2.07. The van der Waals surface area contributed by atoms with Gasteiger partial charge < -0.3 is 5.11 Å². The topological polar surface area (TPSA) is 76.2 Å². The second kappa shape index (κ2) is 2.63. The number of aromatic hydroxyl groups is 1. The van der Waals surface area contributed by atoms with Crippen LogP contribution < -0.4 is 0 Å². The second-order valence-electron chi connectivity index (χ2n) is 3.32. The first-order valence-electron chi connectivity index (χ1n) is 4.41. The van der Waals surface area contributed by atoms with Crippen molar-refractivity contribution in [2.75, 3.05) is 0 Å². The zero-order valence-electron chi connectivity index (χ0n) is 7.92. The highest BCUT2D eigenvalue weighted by molar-refractivity contribution is 5.82. The molecule has 0 amide bonds. The minimum absolute atomic E-state index is 0.106. The van der Waals surface area contributed by atoms with E-state index >= 15 is 0 Å². The molecule has 2 heterocycles. The predicted octanol–water partition coefficient (Wildman–Crippen LogP) is 0.687. The number of rotatable bonds is 0. The van der Waals surface area contributed by atoms with Gasteiger partial charge in [-0.15, -0.1) is 10.2 Å². The minimum Gasteiger partial charge on any atom is -0.506 e. The van der Waals surface area contributed by atoms with E-state index in [9.17, 15) is 5.11 Å². The lowest BCUT2D eigenvalue weighted by molar-refractivity contribution is 0.479. The number of nitrogens with zero attached hydrogens (tertiary/aromatic N) is 5. The van der Waals surface area contributed by atoms with Gasteiger partial charge in [-0.2, -0.15) is 14.6 Å². The average molecular weight is 201 g/mol. The van der Waals surface area contributed by atoms with E-state index in [2.05, 4.69) is 20.3 Å². The van der Waals surface area contributed by atoms with Gasteiger partial charge in [0.15, 0.2) is 5.52 Å². The Morgan fingerprint density at radius 2 is 2.13 bits per heavy atom. The molecule has 0 aliphatic heterocycles. The van der Waals surface area contributed by atoms with Crippen molar-refractivity contribution in [1.82, 2.24) is 24.8 Å². The molecular weight excluding hydrogens is 194 g/mol. The molecule has 74 valence electrons. The highest BCUT2D eigenvalue weighted by atomic mass is 16.3. The molecule has 6 heteroatoms. The predicted molar refractivity (Wildman–Crippen MR) is 52.5 cm³/mol. The number of aryl methyl sites for hydroxylation is 1. The lowest BCUT2D eigenvalue weighted by Crippen LogP contribution is -1.97. The molecule has 0 radical (unpaired) electrons. The van der Waals surface area contributed by atoms with Gasteiger partial charge in [-0.25, -0.2) is 0 Å². The quantitative estimate of drug-likeness (QED) is 0.579. The molecule has 0 aliphatic rings. The SMILES string of the molecule is Cc1cc(O)c2nnc3ncnn3c2c1. The summed E-state index contributed by atoms with van der Waals surface area (Å²) in [7, 11) is 0. The van der Waals surface area contributed by atoms with Crippen LogP contribution in [0.15, 0.2) is 18.5 Å². The maximum Gasteiger partial charge on any atom is 0.272 e. The summed E-state index contributed by atoms with van der Waals surface area (Å²) in [4.78, 5) is 3.92. The van der Waals surface area contributed by atoms with E-state index in [1.807, 2.05) is 13.0 Å². The second-order valence-corrected chi connectivity index (χ2v) is 3.32. The van der Waals surface area contributed by atoms with Crippen molar-refractivity contribution in [3.8, 4) is 5.75 Å². The van der Waals surface area contributed by atoms with E-state index in [-0.39, 0.29) is 5.75 Å². The van der Waals surface area contributed by atoms with Crippen LogP contribution in [0.4, 0.5) is 0 Å². The first kappa shape index (κ1) is 8.10. The molecular formula is C9H7N5O. The molecule has 0 bridgehead atoms. The third-order valence-corrected chi connectivity index (χ3v) is 2.21. The summed E-state index contributed by atoms with van der Waals surface area (Å²) in [6.07, 6.45) is 1.41. The zero-order valence-corrected chi connectivity index (χ0v) is 7.92. The van der Waals surface area contributed by atoms with Gasteiger partial charge >= 0.3 is 0 Å². The molecule has 0 aliphatic carbocycles. The van der Waals surface area contributed by atoms with Crippen LogP contribution in [0.1, 0.15) is 5.56 Å². The highest BCUT2D eigenvalue weighted by Gasteiger charge is 2.08. The Morgan fingerprint density at radius 3 is 3.00 bits per heavy atom. The fourth-order valence-electron chi connectivity index (χ4n) is 1.57. The molecule has 3 rings (SSSR count). The first-order chi connectivity index (χ1) is 7.25. The van der Waals surface area contributed by atoms with E-state index in [1.54, 1.807) is 10.6 Å². The Balaban J connectivity index is 2.61. The van der Waals surface area contributed by atoms with Crippen LogP contribution in [0.3, 0.4) is 0 Å². The van der Waals surface area contributed by atoms with Gasteiger partial charge in [0.2, 0.25) is 0 Å². The number of fused-ring (bicyclic) bond motifs is 3. The molecule has 0 saturated heterocycles. The molecule has 0 unspecified atom stereocenters. The number of phenols is 1. The highest BCUT2D eigenvalue weighted by Crippen LogP contribution is 2.23. The van der Waals surface area contributed by atoms with E-state index in [0.717, 1.165) is 5.56 Å². The summed E-state index contributed by atoms with van der Waals surface area (Å²) in [6, 6.07) is 3.52. The van der Waals surface area contributed by atoms with E-state index in [4.69, 9.17) is 0 Å². The van der Waals surface area contributed by atoms with E-state index in [0.29, 0.717) is 16.8 Å². The van der Waals surface area contributed by atoms with Crippen molar-refractivity contribution < 1.29 is 5.11 Å². The average Bonchev–Trinajstić information content (AvgIpc) is 2.65. The molecule has 3 aromatic rings. The molecule has 2 aromatic heterocycles. The summed E-state index contributed by atoms with van der Waals surface area (Å²) in [5.74, 6) is 0.530. The van der Waals surface area contributed by atoms with Crippen molar-refractivity contribution in [1.29, 1.82) is 0 Å². The number of aromatic nitrogens is 5. The monoisotopic (exact) mass is 201 g/mol. The molecule has 15 heavy (non-hydrogen) atoms. The van der Waals surface area contributed by atoms with E-state index in [1.165, 1.54) is 6.33 Å². The van der Waals surface area contributed by atoms with Gasteiger partial charge in [-0.1, -0.05) is 0 Å². The molecule has 1 N–H and O–H groups in total. The Kier molecular flexibility index (Phi) is 1.42. The Morgan fingerprint density at radius 1 is 1.27 bits per heavy atom. The maximum atomic E-state index is 9.68. The Hall–Kier alpha value is -2.24. The van der Waals surface area contributed by atoms with Gasteiger partial charge in [-0.05, 0) is 24.6 Å². The summed E-state index contributed by atoms with van der Waals surface area (Å²) >= 11 is 0. The van der Waals surface area contributed by atoms with Gasteiger partial charge in [0.25, 0.3) is 5.78 Å². The smallest absolute Gasteiger partial charge is 0.272 e. The van der Waals surface area contributed by atoms with Crippen LogP contribution in [0.2, 0.25) is 0 Å². The number of phenolic OH excluding ortho intramolecular Hbond substituents is 1. The van der Waals surface area contributed by atoms with Crippen LogP contribution in [0.25, 0.3) is 16.8 Å². The van der Waals surface area contributed by atoms with Gasteiger partial charge in [0.1, 0.15) is 17.6 Å². The van der Waals surface area contributed by atoms with Gasteiger partial charge in [-0.3, -0.25) is 0 Å². The third-order valence-electron chi connectivity index (χ3n) is 2.21. The van der Waals surface area contributed by atoms with Crippen molar-refractivity contribution in [2.45, 2.75) is 6.92 Å². The first-order valence-corrected chi connectivity index (χ1v) is 4.41. The standard InChI is InChI=1S/C9H7N5O/c1-5-2-6-8(7(15)3-5)12-13-9-10-4-11-14(6)9/h2-4,15H,1H3. The molecule has 6 nitrogen and oxygen atoms in total. The Labute approximate surface area is 84.2 Å². The third kappa shape index (κ3) is 1.04. The molecule has 0 atom stereocenters. The molecule has 1 aromatic carbocycles. The molecule has 0 spiro atoms. The maximum absolute atomic E-state index is 9.68. The minimum atomic E-state index is 0.106. The fraction of sp³-hybridized carbons (Fsp3) is 0.111. The fourth-order valence-corrected chi connectivity index (χ4v) is 1.57. The number of benzene rings is 1. The number of hydrogen-bond donors (Lipinski definition) is 1. The van der Waals surface area contributed by atoms with Crippen molar-refractivity contribution >= 4 is 16.8 Å². The van der Waals surface area contributed by atoms with Gasteiger partial charge in [0, 0.05) is 0 Å². The lowest BCUT2D eigenvalue weighted by atomic mass is 10.2. The van der Waals surface area contributed by atoms with Crippen LogP contribution >= 0.6 is 0 Å². The van der Waals surface area contributed by atoms with Crippen molar-refractivity contribution in [3.63, 3.8) is 0 Å². The number of hydrogen-bond acceptors (Lipinski definition) is 5. The molecule has 0 saturated carbocycles. The molecule has 0 fully saturated rings. The normalized spacial score (nSPS) is 11.3. The summed E-state index contributed by atoms with van der Waals surface area (Å²) in [6.45, 7) is 1.89. The zero-order chi connectivity index (χ0) is 10.4. The Bertz CT molecular complexity index is 660. The lowest BCUT2D eigenvalue weighted by Gasteiger charge is -2.02. The summed E-state index contributed by atoms with van der Waals surface area (Å²) < 4.78 is 1.55. The van der Waals surface area contributed by atoms with Crippen LogP contribution in [0.5, 0.6) is 5.75 Å². The van der Waals surface area contributed by atoms with E-state index < -0.39 is 0 Å². The van der Waals surface area contributed by atoms with Crippen molar-refractivity contribution in [2.24, 2.45) is 0 Å². The largest absolute Gasteiger partial charge is 0.506 e.